The lowest BCUT2D eigenvalue weighted by molar-refractivity contribution is 0.909. The quantitative estimate of drug-likeness (QED) is 0.539. The van der Waals surface area contributed by atoms with E-state index in [2.05, 4.69) is 25.1 Å². The zero-order chi connectivity index (χ0) is 13.0. The van der Waals surface area contributed by atoms with E-state index in [0.29, 0.717) is 0 Å². The van der Waals surface area contributed by atoms with Crippen LogP contribution in [0, 0.1) is 6.92 Å². The van der Waals surface area contributed by atoms with Crippen LogP contribution in [0.4, 0.5) is 0 Å². The van der Waals surface area contributed by atoms with Crippen molar-refractivity contribution in [2.24, 2.45) is 0 Å². The second-order valence-corrected chi connectivity index (χ2v) is 3.07. The van der Waals surface area contributed by atoms with Crippen molar-refractivity contribution < 1.29 is 0 Å². The Hall–Kier alpha value is -0.780. The Morgan fingerprint density at radius 3 is 1.88 bits per heavy atom. The van der Waals surface area contributed by atoms with Crippen molar-refractivity contribution in [1.29, 1.82) is 0 Å². The molecule has 0 aromatic heterocycles. The van der Waals surface area contributed by atoms with Crippen LogP contribution in [-0.4, -0.2) is 0 Å². The van der Waals surface area contributed by atoms with Crippen molar-refractivity contribution >= 4 is 0 Å². The van der Waals surface area contributed by atoms with Crippen LogP contribution in [0.5, 0.6) is 0 Å². The van der Waals surface area contributed by atoms with Gasteiger partial charge in [0.15, 0.2) is 0 Å². The minimum atomic E-state index is 1.30. The maximum atomic E-state index is 2.26. The second kappa shape index (κ2) is 12.3. The van der Waals surface area contributed by atoms with E-state index < -0.39 is 0 Å². The Labute approximate surface area is 103 Å². The standard InChI is InChI=1S/C10H12.3C2H6/c1-8-4-2-5-9-6-3-7-10(8)9;3*1-2/h2,4-5H,3,6-7H2,1H3;3*1-2H3. The first-order chi connectivity index (χ1) is 7.88. The van der Waals surface area contributed by atoms with Crippen LogP contribution in [0.2, 0.25) is 0 Å². The molecule has 0 radical (unpaired) electrons. The van der Waals surface area contributed by atoms with E-state index in [1.165, 1.54) is 24.8 Å². The van der Waals surface area contributed by atoms with E-state index in [-0.39, 0.29) is 0 Å². The number of hydrogen-bond donors (Lipinski definition) is 0. The lowest BCUT2D eigenvalue weighted by atomic mass is 10.1. The molecule has 0 fully saturated rings. The van der Waals surface area contributed by atoms with Gasteiger partial charge in [-0.05, 0) is 42.9 Å². The van der Waals surface area contributed by atoms with Gasteiger partial charge in [0.05, 0.1) is 0 Å². The molecule has 0 atom stereocenters. The Morgan fingerprint density at radius 2 is 1.38 bits per heavy atom. The molecular weight excluding hydrogens is 192 g/mol. The molecule has 0 heterocycles. The smallest absolute Gasteiger partial charge is 0.0270 e. The van der Waals surface area contributed by atoms with Gasteiger partial charge in [0.25, 0.3) is 0 Å². The van der Waals surface area contributed by atoms with Crippen LogP contribution in [-0.2, 0) is 12.8 Å². The number of fused-ring (bicyclic) bond motifs is 1. The van der Waals surface area contributed by atoms with Gasteiger partial charge in [-0.15, -0.1) is 0 Å². The van der Waals surface area contributed by atoms with E-state index in [0.717, 1.165) is 0 Å². The molecule has 2 rings (SSSR count). The molecule has 0 spiro atoms. The minimum absolute atomic E-state index is 1.30. The maximum absolute atomic E-state index is 2.26. The maximum Gasteiger partial charge on any atom is -0.0270 e. The fourth-order valence-electron chi connectivity index (χ4n) is 1.81. The van der Waals surface area contributed by atoms with Crippen LogP contribution in [0.15, 0.2) is 18.2 Å². The Morgan fingerprint density at radius 1 is 0.812 bits per heavy atom. The SMILES string of the molecule is CC.CC.CC.Cc1cccc2c1CCC2. The molecule has 0 N–H and O–H groups in total. The van der Waals surface area contributed by atoms with E-state index >= 15 is 0 Å². The summed E-state index contributed by atoms with van der Waals surface area (Å²) in [5.74, 6) is 0. The molecule has 0 amide bonds. The molecule has 0 nitrogen and oxygen atoms in total. The fourth-order valence-corrected chi connectivity index (χ4v) is 1.81. The van der Waals surface area contributed by atoms with Crippen LogP contribution >= 0.6 is 0 Å². The van der Waals surface area contributed by atoms with Crippen molar-refractivity contribution in [3.05, 3.63) is 34.9 Å². The van der Waals surface area contributed by atoms with E-state index in [1.54, 1.807) is 11.1 Å². The summed E-state index contributed by atoms with van der Waals surface area (Å²) in [7, 11) is 0. The minimum Gasteiger partial charge on any atom is -0.0683 e. The highest BCUT2D eigenvalue weighted by atomic mass is 14.2. The lowest BCUT2D eigenvalue weighted by Crippen LogP contribution is -1.84. The average Bonchev–Trinajstić information content (AvgIpc) is 2.87. The molecule has 16 heavy (non-hydrogen) atoms. The molecular formula is C16H30. The van der Waals surface area contributed by atoms with E-state index in [1.807, 2.05) is 41.5 Å². The van der Waals surface area contributed by atoms with E-state index in [4.69, 9.17) is 0 Å². The topological polar surface area (TPSA) is 0 Å². The van der Waals surface area contributed by atoms with E-state index in [9.17, 15) is 0 Å². The monoisotopic (exact) mass is 222 g/mol. The first-order valence-electron chi connectivity index (χ1n) is 6.95. The Balaban J connectivity index is 0. The summed E-state index contributed by atoms with van der Waals surface area (Å²) in [6.07, 6.45) is 3.97. The van der Waals surface area contributed by atoms with Gasteiger partial charge in [-0.25, -0.2) is 0 Å². The molecule has 0 heteroatoms. The molecule has 1 aliphatic carbocycles. The lowest BCUT2D eigenvalue weighted by Gasteiger charge is -2.00. The van der Waals surface area contributed by atoms with Gasteiger partial charge in [0, 0.05) is 0 Å². The number of aryl methyl sites for hydroxylation is 2. The van der Waals surface area contributed by atoms with Crippen LogP contribution in [0.1, 0.15) is 64.7 Å². The number of rotatable bonds is 0. The summed E-state index contributed by atoms with van der Waals surface area (Å²) in [5, 5.41) is 0. The molecule has 0 aliphatic heterocycles. The summed E-state index contributed by atoms with van der Waals surface area (Å²) in [4.78, 5) is 0. The third-order valence-corrected chi connectivity index (χ3v) is 2.38. The summed E-state index contributed by atoms with van der Waals surface area (Å²) >= 11 is 0. The highest BCUT2D eigenvalue weighted by molar-refractivity contribution is 5.37. The van der Waals surface area contributed by atoms with Crippen LogP contribution in [0.25, 0.3) is 0 Å². The number of benzene rings is 1. The van der Waals surface area contributed by atoms with Crippen molar-refractivity contribution in [2.75, 3.05) is 0 Å². The zero-order valence-corrected chi connectivity index (χ0v) is 12.4. The van der Waals surface area contributed by atoms with Gasteiger partial charge in [-0.1, -0.05) is 59.7 Å². The van der Waals surface area contributed by atoms with Crippen molar-refractivity contribution in [3.63, 3.8) is 0 Å². The fraction of sp³-hybridized carbons (Fsp3) is 0.625. The third-order valence-electron chi connectivity index (χ3n) is 2.38. The molecule has 1 aromatic rings. The molecule has 0 bridgehead atoms. The first kappa shape index (κ1) is 17.6. The van der Waals surface area contributed by atoms with Gasteiger partial charge in [0.2, 0.25) is 0 Å². The first-order valence-corrected chi connectivity index (χ1v) is 6.95. The van der Waals surface area contributed by atoms with Gasteiger partial charge < -0.3 is 0 Å². The summed E-state index contributed by atoms with van der Waals surface area (Å²) in [6, 6.07) is 6.64. The van der Waals surface area contributed by atoms with Crippen molar-refractivity contribution in [3.8, 4) is 0 Å². The highest BCUT2D eigenvalue weighted by Gasteiger charge is 2.10. The Kier molecular flexibility index (Phi) is 13.5. The van der Waals surface area contributed by atoms with Crippen molar-refractivity contribution in [2.45, 2.75) is 67.7 Å². The van der Waals surface area contributed by atoms with Crippen molar-refractivity contribution in [1.82, 2.24) is 0 Å². The molecule has 0 saturated carbocycles. The van der Waals surface area contributed by atoms with Crippen LogP contribution < -0.4 is 0 Å². The van der Waals surface area contributed by atoms with Gasteiger partial charge >= 0.3 is 0 Å². The zero-order valence-electron chi connectivity index (χ0n) is 12.4. The van der Waals surface area contributed by atoms with Crippen LogP contribution in [0.3, 0.4) is 0 Å². The second-order valence-electron chi connectivity index (χ2n) is 3.07. The average molecular weight is 222 g/mol. The third kappa shape index (κ3) is 5.34. The molecule has 94 valence electrons. The Bertz CT molecular complexity index is 248. The number of hydrogen-bond acceptors (Lipinski definition) is 0. The summed E-state index contributed by atoms with van der Waals surface area (Å²) in [6.45, 7) is 14.2. The summed E-state index contributed by atoms with van der Waals surface area (Å²) in [5.41, 5.74) is 4.68. The normalized spacial score (nSPS) is 10.7. The molecule has 0 saturated heterocycles. The molecule has 0 unspecified atom stereocenters. The highest BCUT2D eigenvalue weighted by Crippen LogP contribution is 2.24. The van der Waals surface area contributed by atoms with Gasteiger partial charge in [0.1, 0.15) is 0 Å². The molecule has 1 aromatic carbocycles. The predicted octanol–water partition coefficient (Wildman–Crippen LogP) is 5.56. The molecule has 1 aliphatic rings. The van der Waals surface area contributed by atoms with Gasteiger partial charge in [-0.2, -0.15) is 0 Å². The summed E-state index contributed by atoms with van der Waals surface area (Å²) < 4.78 is 0. The predicted molar refractivity (Wildman–Crippen MR) is 77.2 cm³/mol. The largest absolute Gasteiger partial charge is 0.0683 e. The van der Waals surface area contributed by atoms with Gasteiger partial charge in [-0.3, -0.25) is 0 Å².